The quantitative estimate of drug-likeness (QED) is 0.788. The number of ether oxygens (including phenoxy) is 1. The highest BCUT2D eigenvalue weighted by molar-refractivity contribution is 6.30. The third-order valence-corrected chi connectivity index (χ3v) is 3.01. The van der Waals surface area contributed by atoms with Crippen LogP contribution in [-0.2, 0) is 11.3 Å². The third-order valence-electron chi connectivity index (χ3n) is 2.77. The molecular formula is C11H15ClN2O. The fourth-order valence-electron chi connectivity index (χ4n) is 1.90. The van der Waals surface area contributed by atoms with Gasteiger partial charge in [0.1, 0.15) is 0 Å². The van der Waals surface area contributed by atoms with Crippen LogP contribution in [0.2, 0.25) is 5.02 Å². The highest BCUT2D eigenvalue weighted by Crippen LogP contribution is 2.25. The predicted molar refractivity (Wildman–Crippen MR) is 59.9 cm³/mol. The zero-order valence-corrected chi connectivity index (χ0v) is 9.79. The molecule has 1 aliphatic heterocycles. The van der Waals surface area contributed by atoms with Gasteiger partial charge in [-0.3, -0.25) is 9.88 Å². The summed E-state index contributed by atoms with van der Waals surface area (Å²) in [4.78, 5) is 6.56. The molecule has 1 fully saturated rings. The Hall–Kier alpha value is -0.640. The van der Waals surface area contributed by atoms with Crippen molar-refractivity contribution in [1.82, 2.24) is 9.88 Å². The normalized spacial score (nSPS) is 19.9. The van der Waals surface area contributed by atoms with Crippen LogP contribution in [0.25, 0.3) is 0 Å². The van der Waals surface area contributed by atoms with E-state index in [1.54, 1.807) is 19.4 Å². The van der Waals surface area contributed by atoms with Gasteiger partial charge < -0.3 is 4.74 Å². The van der Waals surface area contributed by atoms with Crippen LogP contribution in [0.1, 0.15) is 12.6 Å². The van der Waals surface area contributed by atoms with Gasteiger partial charge in [0.2, 0.25) is 0 Å². The predicted octanol–water partition coefficient (Wildman–Crippen LogP) is 1.96. The molecule has 2 rings (SSSR count). The topological polar surface area (TPSA) is 25.4 Å². The maximum absolute atomic E-state index is 5.89. The minimum atomic E-state index is 0.0264. The minimum absolute atomic E-state index is 0.0264. The van der Waals surface area contributed by atoms with Crippen molar-refractivity contribution in [2.75, 3.05) is 20.2 Å². The molecule has 0 bridgehead atoms. The summed E-state index contributed by atoms with van der Waals surface area (Å²) in [5, 5.41) is 0.745. The molecule has 0 aliphatic carbocycles. The summed E-state index contributed by atoms with van der Waals surface area (Å²) >= 11 is 5.89. The van der Waals surface area contributed by atoms with Crippen molar-refractivity contribution < 1.29 is 4.74 Å². The first-order valence-electron chi connectivity index (χ1n) is 4.99. The molecule has 1 aromatic heterocycles. The maximum atomic E-state index is 5.89. The first-order valence-corrected chi connectivity index (χ1v) is 5.37. The van der Waals surface area contributed by atoms with Crippen molar-refractivity contribution in [3.63, 3.8) is 0 Å². The number of likely N-dealkylation sites (tertiary alicyclic amines) is 1. The van der Waals surface area contributed by atoms with Crippen LogP contribution in [0.5, 0.6) is 0 Å². The molecule has 1 saturated heterocycles. The van der Waals surface area contributed by atoms with Gasteiger partial charge in [-0.05, 0) is 19.1 Å². The van der Waals surface area contributed by atoms with Crippen molar-refractivity contribution in [3.8, 4) is 0 Å². The molecule has 4 heteroatoms. The Morgan fingerprint density at radius 2 is 2.33 bits per heavy atom. The molecule has 0 radical (unpaired) electrons. The smallest absolute Gasteiger partial charge is 0.0903 e. The Morgan fingerprint density at radius 1 is 1.60 bits per heavy atom. The van der Waals surface area contributed by atoms with E-state index in [2.05, 4.69) is 16.8 Å². The van der Waals surface area contributed by atoms with E-state index in [0.717, 1.165) is 30.4 Å². The first kappa shape index (κ1) is 10.9. The number of hydrogen-bond acceptors (Lipinski definition) is 3. The van der Waals surface area contributed by atoms with E-state index < -0.39 is 0 Å². The summed E-state index contributed by atoms with van der Waals surface area (Å²) in [6.45, 7) is 4.88. The summed E-state index contributed by atoms with van der Waals surface area (Å²) < 4.78 is 5.38. The third kappa shape index (κ3) is 2.48. The largest absolute Gasteiger partial charge is 0.376 e. The Morgan fingerprint density at radius 3 is 2.93 bits per heavy atom. The maximum Gasteiger partial charge on any atom is 0.0903 e. The lowest BCUT2D eigenvalue weighted by Gasteiger charge is -2.46. The van der Waals surface area contributed by atoms with Crippen molar-refractivity contribution in [2.45, 2.75) is 19.1 Å². The lowest BCUT2D eigenvalue weighted by Crippen LogP contribution is -2.60. The van der Waals surface area contributed by atoms with Gasteiger partial charge in [0.25, 0.3) is 0 Å². The molecule has 1 aliphatic rings. The molecule has 3 nitrogen and oxygen atoms in total. The average Bonchev–Trinajstić information content (AvgIpc) is 2.15. The lowest BCUT2D eigenvalue weighted by molar-refractivity contribution is -0.114. The number of halogens is 1. The first-order chi connectivity index (χ1) is 7.11. The van der Waals surface area contributed by atoms with Gasteiger partial charge in [0, 0.05) is 38.0 Å². The van der Waals surface area contributed by atoms with E-state index in [9.17, 15) is 0 Å². The number of rotatable bonds is 3. The highest BCUT2D eigenvalue weighted by Gasteiger charge is 2.38. The zero-order chi connectivity index (χ0) is 10.9. The van der Waals surface area contributed by atoms with E-state index in [0.29, 0.717) is 0 Å². The minimum Gasteiger partial charge on any atom is -0.376 e. The number of methoxy groups -OCH3 is 1. The van der Waals surface area contributed by atoms with Crippen molar-refractivity contribution in [1.29, 1.82) is 0 Å². The SMILES string of the molecule is COC1(C)CN(Cc2cc(Cl)ccn2)C1. The molecule has 2 heterocycles. The highest BCUT2D eigenvalue weighted by atomic mass is 35.5. The summed E-state index contributed by atoms with van der Waals surface area (Å²) in [6, 6.07) is 3.70. The molecule has 0 saturated carbocycles. The summed E-state index contributed by atoms with van der Waals surface area (Å²) in [6.07, 6.45) is 1.74. The summed E-state index contributed by atoms with van der Waals surface area (Å²) in [5.74, 6) is 0. The second-order valence-corrected chi connectivity index (χ2v) is 4.70. The molecule has 15 heavy (non-hydrogen) atoms. The van der Waals surface area contributed by atoms with Crippen LogP contribution in [-0.4, -0.2) is 35.7 Å². The monoisotopic (exact) mass is 226 g/mol. The second-order valence-electron chi connectivity index (χ2n) is 4.26. The van der Waals surface area contributed by atoms with E-state index in [1.807, 2.05) is 6.07 Å². The number of aromatic nitrogens is 1. The zero-order valence-electron chi connectivity index (χ0n) is 9.03. The lowest BCUT2D eigenvalue weighted by atomic mass is 9.96. The van der Waals surface area contributed by atoms with Crippen LogP contribution in [0.15, 0.2) is 18.3 Å². The standard InChI is InChI=1S/C11H15ClN2O/c1-11(15-2)7-14(8-11)6-10-5-9(12)3-4-13-10/h3-5H,6-8H2,1-2H3. The Kier molecular flexibility index (Phi) is 2.96. The van der Waals surface area contributed by atoms with Crippen LogP contribution in [0.4, 0.5) is 0 Å². The molecule has 0 amide bonds. The van der Waals surface area contributed by atoms with Crippen LogP contribution < -0.4 is 0 Å². The van der Waals surface area contributed by atoms with Gasteiger partial charge in [-0.15, -0.1) is 0 Å². The van der Waals surface area contributed by atoms with Crippen LogP contribution in [0.3, 0.4) is 0 Å². The summed E-state index contributed by atoms with van der Waals surface area (Å²) in [5.41, 5.74) is 1.04. The van der Waals surface area contributed by atoms with Gasteiger partial charge in [-0.2, -0.15) is 0 Å². The molecule has 1 aromatic rings. The van der Waals surface area contributed by atoms with Gasteiger partial charge in [0.15, 0.2) is 0 Å². The van der Waals surface area contributed by atoms with Gasteiger partial charge in [0.05, 0.1) is 11.3 Å². The van der Waals surface area contributed by atoms with Crippen LogP contribution >= 0.6 is 11.6 Å². The summed E-state index contributed by atoms with van der Waals surface area (Å²) in [7, 11) is 1.76. The van der Waals surface area contributed by atoms with E-state index >= 15 is 0 Å². The van der Waals surface area contributed by atoms with Gasteiger partial charge in [-0.1, -0.05) is 11.6 Å². The number of nitrogens with zero attached hydrogens (tertiary/aromatic N) is 2. The molecule has 0 aromatic carbocycles. The molecule has 82 valence electrons. The van der Waals surface area contributed by atoms with E-state index in [4.69, 9.17) is 16.3 Å². The van der Waals surface area contributed by atoms with Crippen LogP contribution in [0, 0.1) is 0 Å². The average molecular weight is 227 g/mol. The van der Waals surface area contributed by atoms with Gasteiger partial charge >= 0.3 is 0 Å². The van der Waals surface area contributed by atoms with Crippen molar-refractivity contribution in [2.24, 2.45) is 0 Å². The molecule has 0 atom stereocenters. The number of hydrogen-bond donors (Lipinski definition) is 0. The Balaban J connectivity index is 1.90. The Bertz CT molecular complexity index is 350. The Labute approximate surface area is 95.0 Å². The molecule has 0 unspecified atom stereocenters. The number of pyridine rings is 1. The van der Waals surface area contributed by atoms with E-state index in [1.165, 1.54) is 0 Å². The van der Waals surface area contributed by atoms with Crippen molar-refractivity contribution >= 4 is 11.6 Å². The van der Waals surface area contributed by atoms with E-state index in [-0.39, 0.29) is 5.60 Å². The fourth-order valence-corrected chi connectivity index (χ4v) is 2.09. The molecule has 0 spiro atoms. The fraction of sp³-hybridized carbons (Fsp3) is 0.545. The second kappa shape index (κ2) is 4.08. The molecular weight excluding hydrogens is 212 g/mol. The van der Waals surface area contributed by atoms with Gasteiger partial charge in [-0.25, -0.2) is 0 Å². The molecule has 0 N–H and O–H groups in total. The van der Waals surface area contributed by atoms with Crippen molar-refractivity contribution in [3.05, 3.63) is 29.0 Å².